The minimum Gasteiger partial charge on any atom is -0.304 e. The Balaban J connectivity index is 1.57. The minimum absolute atomic E-state index is 1.05. The van der Waals surface area contributed by atoms with Crippen molar-refractivity contribution in [3.8, 4) is 0 Å². The van der Waals surface area contributed by atoms with Crippen LogP contribution in [0.3, 0.4) is 0 Å². The van der Waals surface area contributed by atoms with Gasteiger partial charge in [-0.25, -0.2) is 0 Å². The van der Waals surface area contributed by atoms with Crippen LogP contribution in [0, 0.1) is 0 Å². The fraction of sp³-hybridized carbons (Fsp3) is 0.833. The van der Waals surface area contributed by atoms with E-state index in [1.165, 1.54) is 39.0 Å². The van der Waals surface area contributed by atoms with Crippen LogP contribution >= 0.6 is 0 Å². The molecule has 0 aliphatic carbocycles. The van der Waals surface area contributed by atoms with E-state index in [4.69, 9.17) is 0 Å². The fourth-order valence-corrected chi connectivity index (χ4v) is 2.25. The van der Waals surface area contributed by atoms with Gasteiger partial charge in [0, 0.05) is 39.5 Å². The van der Waals surface area contributed by atoms with Gasteiger partial charge in [-0.05, 0) is 25.9 Å². The molecule has 16 heavy (non-hydrogen) atoms. The standard InChI is InChI=1S/C12H24N4/c1(7-15-9-3-5-13-11-15)2-8-16-10-4-6-14-12-16/h1-2,13-14H,3-12H2. The van der Waals surface area contributed by atoms with E-state index in [0.29, 0.717) is 0 Å². The molecule has 2 N–H and O–H groups in total. The van der Waals surface area contributed by atoms with Crippen LogP contribution in [0.25, 0.3) is 0 Å². The second-order valence-electron chi connectivity index (χ2n) is 4.65. The van der Waals surface area contributed by atoms with Crippen LogP contribution in [0.1, 0.15) is 12.8 Å². The van der Waals surface area contributed by atoms with E-state index >= 15 is 0 Å². The highest BCUT2D eigenvalue weighted by atomic mass is 15.2. The third-order valence-corrected chi connectivity index (χ3v) is 3.22. The first kappa shape index (κ1) is 12.0. The van der Waals surface area contributed by atoms with Crippen molar-refractivity contribution in [1.29, 1.82) is 0 Å². The highest BCUT2D eigenvalue weighted by Crippen LogP contribution is 1.97. The summed E-state index contributed by atoms with van der Waals surface area (Å²) in [6.45, 7) is 9.12. The monoisotopic (exact) mass is 224 g/mol. The first-order chi connectivity index (χ1) is 7.95. The average Bonchev–Trinajstić information content (AvgIpc) is 2.37. The van der Waals surface area contributed by atoms with Gasteiger partial charge in [0.2, 0.25) is 0 Å². The average molecular weight is 224 g/mol. The number of hydrogen-bond donors (Lipinski definition) is 2. The van der Waals surface area contributed by atoms with Crippen molar-refractivity contribution in [2.45, 2.75) is 12.8 Å². The number of hydrogen-bond acceptors (Lipinski definition) is 4. The second-order valence-corrected chi connectivity index (χ2v) is 4.65. The van der Waals surface area contributed by atoms with Gasteiger partial charge in [0.05, 0.1) is 0 Å². The Morgan fingerprint density at radius 2 is 1.31 bits per heavy atom. The lowest BCUT2D eigenvalue weighted by Gasteiger charge is -2.27. The highest BCUT2D eigenvalue weighted by molar-refractivity contribution is 4.88. The normalized spacial score (nSPS) is 25.2. The number of nitrogens with zero attached hydrogens (tertiary/aromatic N) is 2. The smallest absolute Gasteiger partial charge is 0.0483 e. The molecule has 2 aliphatic rings. The molecule has 0 atom stereocenters. The first-order valence-corrected chi connectivity index (χ1v) is 6.46. The maximum Gasteiger partial charge on any atom is 0.0483 e. The van der Waals surface area contributed by atoms with Crippen molar-refractivity contribution in [1.82, 2.24) is 20.4 Å². The first-order valence-electron chi connectivity index (χ1n) is 6.46. The zero-order valence-electron chi connectivity index (χ0n) is 10.1. The van der Waals surface area contributed by atoms with Crippen LogP contribution in [0.5, 0.6) is 0 Å². The van der Waals surface area contributed by atoms with Crippen molar-refractivity contribution in [3.63, 3.8) is 0 Å². The second kappa shape index (κ2) is 7.01. The van der Waals surface area contributed by atoms with Gasteiger partial charge >= 0.3 is 0 Å². The van der Waals surface area contributed by atoms with E-state index in [1.807, 2.05) is 0 Å². The topological polar surface area (TPSA) is 30.5 Å². The largest absolute Gasteiger partial charge is 0.304 e. The quantitative estimate of drug-likeness (QED) is 0.661. The molecule has 0 saturated carbocycles. The third kappa shape index (κ3) is 4.22. The van der Waals surface area contributed by atoms with Gasteiger partial charge in [0.25, 0.3) is 0 Å². The molecular formula is C12H24N4. The van der Waals surface area contributed by atoms with E-state index in [-0.39, 0.29) is 0 Å². The van der Waals surface area contributed by atoms with E-state index in [2.05, 4.69) is 32.6 Å². The van der Waals surface area contributed by atoms with Crippen LogP contribution < -0.4 is 10.6 Å². The molecule has 2 fully saturated rings. The van der Waals surface area contributed by atoms with Crippen molar-refractivity contribution < 1.29 is 0 Å². The van der Waals surface area contributed by atoms with Crippen LogP contribution in [0.2, 0.25) is 0 Å². The van der Waals surface area contributed by atoms with Gasteiger partial charge in [0.1, 0.15) is 0 Å². The molecule has 0 amide bonds. The van der Waals surface area contributed by atoms with Gasteiger partial charge in [-0.3, -0.25) is 9.80 Å². The highest BCUT2D eigenvalue weighted by Gasteiger charge is 2.08. The van der Waals surface area contributed by atoms with Crippen molar-refractivity contribution in [3.05, 3.63) is 12.2 Å². The summed E-state index contributed by atoms with van der Waals surface area (Å²) in [6.07, 6.45) is 7.18. The molecule has 2 aliphatic heterocycles. The third-order valence-electron chi connectivity index (χ3n) is 3.22. The van der Waals surface area contributed by atoms with E-state index < -0.39 is 0 Å². The molecule has 4 nitrogen and oxygen atoms in total. The zero-order chi connectivity index (χ0) is 11.1. The summed E-state index contributed by atoms with van der Waals surface area (Å²) in [6, 6.07) is 0. The summed E-state index contributed by atoms with van der Waals surface area (Å²) in [5, 5.41) is 6.79. The van der Waals surface area contributed by atoms with E-state index in [9.17, 15) is 0 Å². The van der Waals surface area contributed by atoms with Crippen LogP contribution in [0.4, 0.5) is 0 Å². The van der Waals surface area contributed by atoms with Gasteiger partial charge in [0.15, 0.2) is 0 Å². The molecule has 92 valence electrons. The summed E-state index contributed by atoms with van der Waals surface area (Å²) in [5.41, 5.74) is 0. The summed E-state index contributed by atoms with van der Waals surface area (Å²) >= 11 is 0. The predicted octanol–water partition coefficient (Wildman–Crippen LogP) is 0.0482. The Bertz CT molecular complexity index is 183. The predicted molar refractivity (Wildman–Crippen MR) is 67.3 cm³/mol. The summed E-state index contributed by atoms with van der Waals surface area (Å²) < 4.78 is 0. The molecule has 2 rings (SSSR count). The van der Waals surface area contributed by atoms with Crippen molar-refractivity contribution >= 4 is 0 Å². The van der Waals surface area contributed by atoms with E-state index in [1.54, 1.807) is 0 Å². The molecule has 2 saturated heterocycles. The Morgan fingerprint density at radius 1 is 0.812 bits per heavy atom. The Hall–Kier alpha value is -0.420. The van der Waals surface area contributed by atoms with Gasteiger partial charge in [-0.1, -0.05) is 12.2 Å². The maximum absolute atomic E-state index is 3.40. The van der Waals surface area contributed by atoms with Gasteiger partial charge in [-0.15, -0.1) is 0 Å². The Labute approximate surface area is 98.7 Å². The summed E-state index contributed by atoms with van der Waals surface area (Å²) in [7, 11) is 0. The lowest BCUT2D eigenvalue weighted by atomic mass is 10.3. The van der Waals surface area contributed by atoms with Crippen molar-refractivity contribution in [2.75, 3.05) is 52.6 Å². The molecule has 2 heterocycles. The zero-order valence-corrected chi connectivity index (χ0v) is 10.1. The van der Waals surface area contributed by atoms with Crippen LogP contribution in [-0.2, 0) is 0 Å². The fourth-order valence-electron chi connectivity index (χ4n) is 2.25. The Morgan fingerprint density at radius 3 is 1.69 bits per heavy atom. The molecular weight excluding hydrogens is 200 g/mol. The summed E-state index contributed by atoms with van der Waals surface area (Å²) in [5.74, 6) is 0. The minimum atomic E-state index is 1.05. The molecule has 0 radical (unpaired) electrons. The molecule has 0 aromatic rings. The molecule has 0 spiro atoms. The molecule has 0 unspecified atom stereocenters. The van der Waals surface area contributed by atoms with Gasteiger partial charge in [-0.2, -0.15) is 0 Å². The van der Waals surface area contributed by atoms with Crippen LogP contribution in [0.15, 0.2) is 12.2 Å². The summed E-state index contributed by atoms with van der Waals surface area (Å²) in [4.78, 5) is 4.91. The van der Waals surface area contributed by atoms with Crippen molar-refractivity contribution in [2.24, 2.45) is 0 Å². The molecule has 0 bridgehead atoms. The maximum atomic E-state index is 3.40. The Kier molecular flexibility index (Phi) is 5.28. The number of nitrogens with one attached hydrogen (secondary N) is 2. The van der Waals surface area contributed by atoms with E-state index in [0.717, 1.165) is 26.4 Å². The van der Waals surface area contributed by atoms with Gasteiger partial charge < -0.3 is 10.6 Å². The molecule has 4 heteroatoms. The lowest BCUT2D eigenvalue weighted by molar-refractivity contribution is 0.231. The molecule has 0 aromatic heterocycles. The van der Waals surface area contributed by atoms with Crippen LogP contribution in [-0.4, -0.2) is 62.4 Å². The number of rotatable bonds is 4. The lowest BCUT2D eigenvalue weighted by Crippen LogP contribution is -2.42. The molecule has 0 aromatic carbocycles. The SMILES string of the molecule is C(=CCN1CCCNC1)CN1CCCNC1.